The van der Waals surface area contributed by atoms with Gasteiger partial charge in [-0.05, 0) is 48.7 Å². The highest BCUT2D eigenvalue weighted by Gasteiger charge is 2.26. The fourth-order valence-corrected chi connectivity index (χ4v) is 4.52. The molecule has 0 fully saturated rings. The van der Waals surface area contributed by atoms with Crippen molar-refractivity contribution in [2.75, 3.05) is 13.2 Å². The van der Waals surface area contributed by atoms with Crippen molar-refractivity contribution in [3.63, 3.8) is 0 Å². The highest BCUT2D eigenvalue weighted by atomic mass is 35.5. The molecule has 0 saturated carbocycles. The van der Waals surface area contributed by atoms with Crippen LogP contribution >= 0.6 is 11.6 Å². The van der Waals surface area contributed by atoms with Crippen molar-refractivity contribution >= 4 is 22.5 Å². The molecule has 5 rings (SSSR count). The lowest BCUT2D eigenvalue weighted by molar-refractivity contribution is 0.269. The zero-order valence-electron chi connectivity index (χ0n) is 17.5. The number of rotatable bonds is 6. The molecule has 3 aromatic carbocycles. The van der Waals surface area contributed by atoms with Crippen molar-refractivity contribution < 1.29 is 9.47 Å². The Bertz CT molecular complexity index is 1220. The van der Waals surface area contributed by atoms with E-state index in [1.54, 1.807) is 0 Å². The molecule has 1 aromatic heterocycles. The minimum atomic E-state index is 0.0907. The fourth-order valence-electron chi connectivity index (χ4n) is 4.33. The smallest absolute Gasteiger partial charge is 0.161 e. The molecule has 5 heteroatoms. The van der Waals surface area contributed by atoms with Crippen molar-refractivity contribution in [2.24, 2.45) is 0 Å². The number of fused-ring (bicyclic) bond motifs is 3. The Kier molecular flexibility index (Phi) is 5.58. The zero-order valence-corrected chi connectivity index (χ0v) is 18.2. The van der Waals surface area contributed by atoms with Gasteiger partial charge in [0.2, 0.25) is 0 Å². The van der Waals surface area contributed by atoms with Gasteiger partial charge in [0, 0.05) is 33.7 Å². The number of H-pyrrole nitrogens is 1. The quantitative estimate of drug-likeness (QED) is 0.390. The maximum absolute atomic E-state index is 6.28. The van der Waals surface area contributed by atoms with Gasteiger partial charge in [-0.2, -0.15) is 0 Å². The third-order valence-corrected chi connectivity index (χ3v) is 6.17. The molecule has 1 aliphatic heterocycles. The Hall–Kier alpha value is -2.95. The summed E-state index contributed by atoms with van der Waals surface area (Å²) in [6, 6.07) is 22.5. The highest BCUT2D eigenvalue weighted by Crippen LogP contribution is 2.37. The van der Waals surface area contributed by atoms with Crippen LogP contribution < -0.4 is 14.8 Å². The summed E-state index contributed by atoms with van der Waals surface area (Å²) in [5.41, 5.74) is 5.93. The van der Waals surface area contributed by atoms with E-state index in [0.29, 0.717) is 18.2 Å². The second kappa shape index (κ2) is 8.66. The molecule has 1 aliphatic rings. The van der Waals surface area contributed by atoms with Gasteiger partial charge in [0.1, 0.15) is 6.61 Å². The van der Waals surface area contributed by atoms with Crippen LogP contribution in [0.4, 0.5) is 0 Å². The summed E-state index contributed by atoms with van der Waals surface area (Å²) in [5.74, 6) is 1.47. The van der Waals surface area contributed by atoms with Gasteiger partial charge in [0.25, 0.3) is 0 Å². The number of benzene rings is 3. The van der Waals surface area contributed by atoms with Crippen LogP contribution in [0.3, 0.4) is 0 Å². The van der Waals surface area contributed by atoms with Crippen LogP contribution in [0.1, 0.15) is 35.3 Å². The first-order chi connectivity index (χ1) is 15.2. The molecule has 2 N–H and O–H groups in total. The Morgan fingerprint density at radius 2 is 1.81 bits per heavy atom. The Labute approximate surface area is 187 Å². The number of nitrogens with one attached hydrogen (secondary N) is 2. The highest BCUT2D eigenvalue weighted by molar-refractivity contribution is 6.31. The van der Waals surface area contributed by atoms with E-state index in [0.717, 1.165) is 35.6 Å². The summed E-state index contributed by atoms with van der Waals surface area (Å²) in [5, 5.41) is 5.68. The molecule has 0 radical (unpaired) electrons. The second-order valence-corrected chi connectivity index (χ2v) is 8.13. The van der Waals surface area contributed by atoms with Crippen LogP contribution in [0.5, 0.6) is 11.5 Å². The molecule has 158 valence electrons. The van der Waals surface area contributed by atoms with E-state index in [1.165, 1.54) is 22.2 Å². The zero-order chi connectivity index (χ0) is 21.2. The summed E-state index contributed by atoms with van der Waals surface area (Å²) < 4.78 is 12.0. The van der Waals surface area contributed by atoms with Gasteiger partial charge in [-0.3, -0.25) is 0 Å². The average molecular weight is 433 g/mol. The molecule has 0 amide bonds. The largest absolute Gasteiger partial charge is 0.490 e. The van der Waals surface area contributed by atoms with Gasteiger partial charge < -0.3 is 19.8 Å². The van der Waals surface area contributed by atoms with Crippen LogP contribution in [0.2, 0.25) is 5.02 Å². The molecule has 4 nitrogen and oxygen atoms in total. The number of ether oxygens (including phenoxy) is 2. The fraction of sp³-hybridized carbons (Fsp3) is 0.231. The first-order valence-electron chi connectivity index (χ1n) is 10.7. The molecule has 0 saturated heterocycles. The molecule has 0 bridgehead atoms. The molecular formula is C26H25ClN2O2. The third-order valence-electron chi connectivity index (χ3n) is 5.80. The summed E-state index contributed by atoms with van der Waals surface area (Å²) in [7, 11) is 0. The lowest BCUT2D eigenvalue weighted by Gasteiger charge is -2.25. The number of halogens is 1. The Morgan fingerprint density at radius 1 is 0.968 bits per heavy atom. The number of para-hydroxylation sites is 1. The topological polar surface area (TPSA) is 46.3 Å². The molecule has 1 atom stereocenters. The van der Waals surface area contributed by atoms with Gasteiger partial charge in [-0.25, -0.2) is 0 Å². The second-order valence-electron chi connectivity index (χ2n) is 7.72. The third kappa shape index (κ3) is 3.89. The maximum Gasteiger partial charge on any atom is 0.161 e. The lowest BCUT2D eigenvalue weighted by atomic mass is 9.94. The van der Waals surface area contributed by atoms with Gasteiger partial charge in [0.15, 0.2) is 11.5 Å². The van der Waals surface area contributed by atoms with Gasteiger partial charge in [0.05, 0.1) is 12.6 Å². The molecule has 0 aliphatic carbocycles. The van der Waals surface area contributed by atoms with Crippen LogP contribution in [0.25, 0.3) is 10.9 Å². The predicted octanol–water partition coefficient (Wildman–Crippen LogP) is 6.03. The van der Waals surface area contributed by atoms with E-state index in [2.05, 4.69) is 46.7 Å². The van der Waals surface area contributed by atoms with E-state index < -0.39 is 0 Å². The first kappa shape index (κ1) is 20.0. The molecule has 2 heterocycles. The van der Waals surface area contributed by atoms with E-state index >= 15 is 0 Å². The molecule has 4 aromatic rings. The molecule has 31 heavy (non-hydrogen) atoms. The van der Waals surface area contributed by atoms with E-state index in [9.17, 15) is 0 Å². The lowest BCUT2D eigenvalue weighted by Crippen LogP contribution is -2.30. The molecule has 0 unspecified atom stereocenters. The minimum absolute atomic E-state index is 0.0907. The standard InChI is InChI=1S/C26H25ClN2O2/c1-2-30-24-15-17(11-12-23(24)31-16-18-7-3-5-9-21(18)27)25-26-20(13-14-28-25)19-8-4-6-10-22(19)29-26/h3-12,15,25,28-29H,2,13-14,16H2,1H3/t25-/m1/s1. The molecule has 0 spiro atoms. The van der Waals surface area contributed by atoms with Crippen LogP contribution in [0, 0.1) is 0 Å². The molecular weight excluding hydrogens is 408 g/mol. The normalized spacial score (nSPS) is 15.6. The number of hydrogen-bond donors (Lipinski definition) is 2. The van der Waals surface area contributed by atoms with E-state index in [-0.39, 0.29) is 6.04 Å². The summed E-state index contributed by atoms with van der Waals surface area (Å²) in [6.07, 6.45) is 1.02. The van der Waals surface area contributed by atoms with Crippen LogP contribution in [0.15, 0.2) is 66.7 Å². The minimum Gasteiger partial charge on any atom is -0.490 e. The number of hydrogen-bond acceptors (Lipinski definition) is 3. The van der Waals surface area contributed by atoms with Crippen molar-refractivity contribution in [1.82, 2.24) is 10.3 Å². The summed E-state index contributed by atoms with van der Waals surface area (Å²) in [4.78, 5) is 3.63. The van der Waals surface area contributed by atoms with Crippen LogP contribution in [-0.4, -0.2) is 18.1 Å². The average Bonchev–Trinajstić information content (AvgIpc) is 3.18. The monoisotopic (exact) mass is 432 g/mol. The summed E-state index contributed by atoms with van der Waals surface area (Å²) in [6.45, 7) is 3.89. The van der Waals surface area contributed by atoms with Crippen molar-refractivity contribution in [2.45, 2.75) is 26.0 Å². The summed E-state index contributed by atoms with van der Waals surface area (Å²) >= 11 is 6.28. The van der Waals surface area contributed by atoms with Crippen LogP contribution in [-0.2, 0) is 13.0 Å². The SMILES string of the molecule is CCOc1cc([C@H]2NCCc3c2[nH]c2ccccc32)ccc1OCc1ccccc1Cl. The van der Waals surface area contributed by atoms with E-state index in [1.807, 2.05) is 37.3 Å². The number of aromatic amines is 1. The van der Waals surface area contributed by atoms with Crippen molar-refractivity contribution in [1.29, 1.82) is 0 Å². The van der Waals surface area contributed by atoms with E-state index in [4.69, 9.17) is 21.1 Å². The number of aromatic nitrogens is 1. The van der Waals surface area contributed by atoms with Gasteiger partial charge in [-0.1, -0.05) is 54.1 Å². The van der Waals surface area contributed by atoms with Crippen molar-refractivity contribution in [3.8, 4) is 11.5 Å². The predicted molar refractivity (Wildman–Crippen MR) is 125 cm³/mol. The van der Waals surface area contributed by atoms with Gasteiger partial charge >= 0.3 is 0 Å². The Morgan fingerprint density at radius 3 is 2.68 bits per heavy atom. The maximum atomic E-state index is 6.28. The first-order valence-corrected chi connectivity index (χ1v) is 11.1. The van der Waals surface area contributed by atoms with Crippen molar-refractivity contribution in [3.05, 3.63) is 94.1 Å². The van der Waals surface area contributed by atoms with Gasteiger partial charge in [-0.15, -0.1) is 0 Å². The Balaban J connectivity index is 1.46.